The van der Waals surface area contributed by atoms with E-state index in [1.165, 1.54) is 32.1 Å². The quantitative estimate of drug-likeness (QED) is 0.741. The van der Waals surface area contributed by atoms with Crippen LogP contribution >= 0.6 is 11.6 Å². The first kappa shape index (κ1) is 13.7. The van der Waals surface area contributed by atoms with Crippen molar-refractivity contribution in [1.29, 1.82) is 0 Å². The Hall–Kier alpha value is -1.28. The van der Waals surface area contributed by atoms with E-state index >= 15 is 0 Å². The Balaban J connectivity index is 1.87. The van der Waals surface area contributed by atoms with Gasteiger partial charge in [0.15, 0.2) is 5.78 Å². The van der Waals surface area contributed by atoms with E-state index in [0.717, 1.165) is 29.3 Å². The summed E-state index contributed by atoms with van der Waals surface area (Å²) in [6.45, 7) is 0. The molecule has 0 bridgehead atoms. The molecule has 0 radical (unpaired) electrons. The molecular weight excluding hydrogens is 270 g/mol. The fourth-order valence-corrected chi connectivity index (χ4v) is 3.41. The van der Waals surface area contributed by atoms with Crippen LogP contribution in [0.5, 0.6) is 0 Å². The van der Waals surface area contributed by atoms with Crippen LogP contribution in [0.3, 0.4) is 0 Å². The van der Waals surface area contributed by atoms with Crippen molar-refractivity contribution in [1.82, 2.24) is 4.98 Å². The van der Waals surface area contributed by atoms with Crippen LogP contribution in [0, 0.1) is 5.92 Å². The fourth-order valence-electron chi connectivity index (χ4n) is 3.24. The second-order valence-corrected chi connectivity index (χ2v) is 6.23. The van der Waals surface area contributed by atoms with E-state index in [1.54, 1.807) is 0 Å². The zero-order valence-electron chi connectivity index (χ0n) is 11.6. The predicted molar refractivity (Wildman–Crippen MR) is 83.4 cm³/mol. The number of hydrogen-bond donors (Lipinski definition) is 1. The Morgan fingerprint density at radius 3 is 2.55 bits per heavy atom. The maximum atomic E-state index is 12.8. The number of rotatable bonds is 2. The first-order valence-corrected chi connectivity index (χ1v) is 7.94. The summed E-state index contributed by atoms with van der Waals surface area (Å²) < 4.78 is 0. The van der Waals surface area contributed by atoms with Crippen LogP contribution in [0.25, 0.3) is 10.9 Å². The highest BCUT2D eigenvalue weighted by molar-refractivity contribution is 6.31. The largest absolute Gasteiger partial charge is 0.360 e. The number of carbonyl (C=O) groups is 1. The first-order chi connectivity index (χ1) is 9.75. The van der Waals surface area contributed by atoms with E-state index in [-0.39, 0.29) is 5.92 Å². The Morgan fingerprint density at radius 1 is 1.10 bits per heavy atom. The molecule has 3 rings (SSSR count). The lowest BCUT2D eigenvalue weighted by atomic mass is 9.85. The molecule has 1 aliphatic carbocycles. The second kappa shape index (κ2) is 6.01. The molecule has 1 saturated carbocycles. The van der Waals surface area contributed by atoms with Gasteiger partial charge >= 0.3 is 0 Å². The van der Waals surface area contributed by atoms with Crippen molar-refractivity contribution in [2.24, 2.45) is 5.92 Å². The molecule has 1 aliphatic rings. The van der Waals surface area contributed by atoms with E-state index in [0.29, 0.717) is 10.8 Å². The molecule has 0 spiro atoms. The summed E-state index contributed by atoms with van der Waals surface area (Å²) in [5.41, 5.74) is 1.79. The fraction of sp³-hybridized carbons (Fsp3) is 0.471. The number of aromatic amines is 1. The Bertz CT molecular complexity index is 608. The minimum Gasteiger partial charge on any atom is -0.360 e. The van der Waals surface area contributed by atoms with Gasteiger partial charge in [-0.25, -0.2) is 0 Å². The highest BCUT2D eigenvalue weighted by atomic mass is 35.5. The summed E-state index contributed by atoms with van der Waals surface area (Å²) in [7, 11) is 0. The molecule has 2 nitrogen and oxygen atoms in total. The lowest BCUT2D eigenvalue weighted by molar-refractivity contribution is 0.0900. The molecule has 3 heteroatoms. The summed E-state index contributed by atoms with van der Waals surface area (Å²) in [5, 5.41) is 1.70. The molecule has 2 aromatic rings. The van der Waals surface area contributed by atoms with Crippen LogP contribution in [0.1, 0.15) is 55.3 Å². The van der Waals surface area contributed by atoms with Crippen molar-refractivity contribution < 1.29 is 4.79 Å². The zero-order chi connectivity index (χ0) is 13.9. The molecule has 0 atom stereocenters. The van der Waals surface area contributed by atoms with E-state index in [9.17, 15) is 4.79 Å². The summed E-state index contributed by atoms with van der Waals surface area (Å²) in [4.78, 5) is 15.9. The van der Waals surface area contributed by atoms with Gasteiger partial charge in [-0.3, -0.25) is 4.79 Å². The van der Waals surface area contributed by atoms with Crippen molar-refractivity contribution >= 4 is 28.3 Å². The van der Waals surface area contributed by atoms with Gasteiger partial charge in [-0.15, -0.1) is 0 Å². The molecule has 0 saturated heterocycles. The summed E-state index contributed by atoms with van der Waals surface area (Å²) in [5.74, 6) is 0.505. The number of ketones is 1. The maximum Gasteiger partial charge on any atom is 0.168 e. The number of benzene rings is 1. The standard InChI is InChI=1S/C17H20ClNO/c18-13-8-9-14-15(11-19-16(14)10-13)17(20)12-6-4-2-1-3-5-7-12/h8-12,19H,1-7H2. The van der Waals surface area contributed by atoms with E-state index in [2.05, 4.69) is 4.98 Å². The van der Waals surface area contributed by atoms with E-state index < -0.39 is 0 Å². The van der Waals surface area contributed by atoms with Gasteiger partial charge in [0.1, 0.15) is 0 Å². The number of aromatic nitrogens is 1. The smallest absolute Gasteiger partial charge is 0.168 e. The summed E-state index contributed by atoms with van der Waals surface area (Å²) >= 11 is 5.99. The van der Waals surface area contributed by atoms with Crippen molar-refractivity contribution in [2.75, 3.05) is 0 Å². The van der Waals surface area contributed by atoms with Crippen molar-refractivity contribution in [3.05, 3.63) is 35.0 Å². The second-order valence-electron chi connectivity index (χ2n) is 5.80. The van der Waals surface area contributed by atoms with Gasteiger partial charge in [-0.1, -0.05) is 49.8 Å². The first-order valence-electron chi connectivity index (χ1n) is 7.56. The topological polar surface area (TPSA) is 32.9 Å². The zero-order valence-corrected chi connectivity index (χ0v) is 12.4. The number of carbonyl (C=O) groups excluding carboxylic acids is 1. The maximum absolute atomic E-state index is 12.8. The van der Waals surface area contributed by atoms with Gasteiger partial charge < -0.3 is 4.98 Å². The number of hydrogen-bond acceptors (Lipinski definition) is 1. The average molecular weight is 290 g/mol. The molecule has 0 unspecified atom stereocenters. The number of fused-ring (bicyclic) bond motifs is 1. The predicted octanol–water partition coefficient (Wildman–Crippen LogP) is 5.36. The van der Waals surface area contributed by atoms with Gasteiger partial charge in [0.25, 0.3) is 0 Å². The monoisotopic (exact) mass is 289 g/mol. The average Bonchev–Trinajstić information content (AvgIpc) is 2.80. The molecule has 20 heavy (non-hydrogen) atoms. The highest BCUT2D eigenvalue weighted by Gasteiger charge is 2.23. The van der Waals surface area contributed by atoms with Gasteiger partial charge in [0.05, 0.1) is 0 Å². The SMILES string of the molecule is O=C(c1c[nH]c2cc(Cl)ccc12)C1CCCCCCC1. The molecule has 1 heterocycles. The van der Waals surface area contributed by atoms with Crippen molar-refractivity contribution in [3.8, 4) is 0 Å². The van der Waals surface area contributed by atoms with Crippen molar-refractivity contribution in [2.45, 2.75) is 44.9 Å². The number of H-pyrrole nitrogens is 1. The van der Waals surface area contributed by atoms with Gasteiger partial charge in [-0.2, -0.15) is 0 Å². The van der Waals surface area contributed by atoms with E-state index in [1.807, 2.05) is 24.4 Å². The molecule has 1 aromatic heterocycles. The van der Waals surface area contributed by atoms with Gasteiger partial charge in [0.2, 0.25) is 0 Å². The molecule has 0 amide bonds. The van der Waals surface area contributed by atoms with Crippen LogP contribution in [-0.2, 0) is 0 Å². The number of nitrogens with one attached hydrogen (secondary N) is 1. The molecule has 1 N–H and O–H groups in total. The lowest BCUT2D eigenvalue weighted by Crippen LogP contribution is -2.16. The Kier molecular flexibility index (Phi) is 4.11. The summed E-state index contributed by atoms with van der Waals surface area (Å²) in [6, 6.07) is 5.68. The van der Waals surface area contributed by atoms with Gasteiger partial charge in [-0.05, 0) is 25.0 Å². The molecule has 1 aromatic carbocycles. The van der Waals surface area contributed by atoms with Crippen LogP contribution in [0.2, 0.25) is 5.02 Å². The lowest BCUT2D eigenvalue weighted by Gasteiger charge is -2.18. The third-order valence-corrected chi connectivity index (χ3v) is 4.62. The molecule has 1 fully saturated rings. The third-order valence-electron chi connectivity index (χ3n) is 4.39. The molecule has 0 aliphatic heterocycles. The third kappa shape index (κ3) is 2.76. The molecular formula is C17H20ClNO. The van der Waals surface area contributed by atoms with Crippen LogP contribution < -0.4 is 0 Å². The molecule has 106 valence electrons. The van der Waals surface area contributed by atoms with Crippen LogP contribution in [0.4, 0.5) is 0 Å². The van der Waals surface area contributed by atoms with Crippen LogP contribution in [0.15, 0.2) is 24.4 Å². The Labute approximate surface area is 124 Å². The minimum atomic E-state index is 0.199. The summed E-state index contributed by atoms with van der Waals surface area (Å²) in [6.07, 6.45) is 10.2. The Morgan fingerprint density at radius 2 is 1.80 bits per heavy atom. The van der Waals surface area contributed by atoms with E-state index in [4.69, 9.17) is 11.6 Å². The minimum absolute atomic E-state index is 0.199. The number of halogens is 1. The van der Waals surface area contributed by atoms with Crippen LogP contribution in [-0.4, -0.2) is 10.8 Å². The number of Topliss-reactive ketones (excluding diaryl/α,β-unsaturated/α-hetero) is 1. The van der Waals surface area contributed by atoms with Gasteiger partial charge in [0, 0.05) is 33.6 Å². The van der Waals surface area contributed by atoms with Crippen molar-refractivity contribution in [3.63, 3.8) is 0 Å². The normalized spacial score (nSPS) is 17.9. The highest BCUT2D eigenvalue weighted by Crippen LogP contribution is 2.29.